The molecule has 3 aromatic rings. The number of aryl methyl sites for hydroxylation is 3. The summed E-state index contributed by atoms with van der Waals surface area (Å²) in [4.78, 5) is 12.6. The van der Waals surface area contributed by atoms with E-state index in [4.69, 9.17) is 9.15 Å². The van der Waals surface area contributed by atoms with Crippen molar-refractivity contribution in [2.24, 2.45) is 0 Å². The van der Waals surface area contributed by atoms with Crippen LogP contribution in [0.1, 0.15) is 23.6 Å². The Bertz CT molecular complexity index is 960. The van der Waals surface area contributed by atoms with Crippen molar-refractivity contribution < 1.29 is 13.9 Å². The molecule has 0 bridgehead atoms. The summed E-state index contributed by atoms with van der Waals surface area (Å²) in [5.41, 5.74) is 4.91. The van der Waals surface area contributed by atoms with Crippen LogP contribution in [0.25, 0.3) is 11.5 Å². The number of anilines is 1. The van der Waals surface area contributed by atoms with Gasteiger partial charge in [-0.2, -0.15) is 0 Å². The lowest BCUT2D eigenvalue weighted by Crippen LogP contribution is -2.23. The van der Waals surface area contributed by atoms with Crippen molar-refractivity contribution in [3.63, 3.8) is 0 Å². The van der Waals surface area contributed by atoms with Crippen LogP contribution in [0.15, 0.2) is 46.0 Å². The van der Waals surface area contributed by atoms with Crippen LogP contribution in [-0.2, 0) is 4.79 Å². The Morgan fingerprint density at radius 3 is 2.36 bits per heavy atom. The Labute approximate surface area is 168 Å². The highest BCUT2D eigenvalue weighted by molar-refractivity contribution is 8.00. The second kappa shape index (κ2) is 8.48. The van der Waals surface area contributed by atoms with E-state index >= 15 is 0 Å². The molecule has 0 aliphatic heterocycles. The minimum absolute atomic E-state index is 0.107. The maximum absolute atomic E-state index is 12.6. The summed E-state index contributed by atoms with van der Waals surface area (Å²) in [6.45, 7) is 7.84. The molecule has 7 heteroatoms. The molecule has 0 aliphatic carbocycles. The number of carbonyl (C=O) groups excluding carboxylic acids is 1. The summed E-state index contributed by atoms with van der Waals surface area (Å²) in [6, 6.07) is 11.5. The molecule has 146 valence electrons. The number of thioether (sulfide) groups is 1. The first-order chi connectivity index (χ1) is 13.4. The second-order valence-corrected chi connectivity index (χ2v) is 7.92. The fourth-order valence-electron chi connectivity index (χ4n) is 2.91. The van der Waals surface area contributed by atoms with Gasteiger partial charge in [-0.15, -0.1) is 10.2 Å². The van der Waals surface area contributed by atoms with Crippen molar-refractivity contribution in [2.75, 3.05) is 12.4 Å². The Hall–Kier alpha value is -2.80. The molecule has 1 aromatic heterocycles. The largest absolute Gasteiger partial charge is 0.497 e. The fraction of sp³-hybridized carbons (Fsp3) is 0.286. The zero-order valence-corrected chi connectivity index (χ0v) is 17.4. The van der Waals surface area contributed by atoms with Crippen molar-refractivity contribution in [1.29, 1.82) is 0 Å². The van der Waals surface area contributed by atoms with Gasteiger partial charge in [0.2, 0.25) is 11.8 Å². The van der Waals surface area contributed by atoms with Crippen LogP contribution < -0.4 is 10.1 Å². The van der Waals surface area contributed by atoms with Gasteiger partial charge in [0.25, 0.3) is 5.22 Å². The fourth-order valence-corrected chi connectivity index (χ4v) is 3.60. The highest BCUT2D eigenvalue weighted by Gasteiger charge is 2.20. The van der Waals surface area contributed by atoms with Crippen molar-refractivity contribution in [3.8, 4) is 17.2 Å². The first kappa shape index (κ1) is 19.9. The highest BCUT2D eigenvalue weighted by Crippen LogP contribution is 2.28. The Morgan fingerprint density at radius 1 is 1.11 bits per heavy atom. The van der Waals surface area contributed by atoms with Gasteiger partial charge in [-0.3, -0.25) is 4.79 Å². The van der Waals surface area contributed by atoms with Crippen molar-refractivity contribution in [1.82, 2.24) is 10.2 Å². The molecule has 1 N–H and O–H groups in total. The number of ether oxygens (including phenoxy) is 1. The van der Waals surface area contributed by atoms with Crippen LogP contribution in [-0.4, -0.2) is 28.5 Å². The van der Waals surface area contributed by atoms with E-state index in [-0.39, 0.29) is 11.2 Å². The maximum atomic E-state index is 12.6. The number of rotatable bonds is 6. The molecular formula is C21H23N3O3S. The van der Waals surface area contributed by atoms with Gasteiger partial charge in [0.1, 0.15) is 5.75 Å². The van der Waals surface area contributed by atoms with Crippen molar-refractivity contribution in [2.45, 2.75) is 38.2 Å². The van der Waals surface area contributed by atoms with E-state index in [1.54, 1.807) is 7.11 Å². The molecule has 0 spiro atoms. The molecule has 1 amide bonds. The lowest BCUT2D eigenvalue weighted by molar-refractivity contribution is -0.115. The molecule has 1 heterocycles. The van der Waals surface area contributed by atoms with Gasteiger partial charge in [-0.25, -0.2) is 0 Å². The molecule has 3 rings (SSSR count). The lowest BCUT2D eigenvalue weighted by atomic mass is 10.1. The van der Waals surface area contributed by atoms with Gasteiger partial charge >= 0.3 is 0 Å². The van der Waals surface area contributed by atoms with Crippen molar-refractivity contribution in [3.05, 3.63) is 53.1 Å². The highest BCUT2D eigenvalue weighted by atomic mass is 32.2. The summed E-state index contributed by atoms with van der Waals surface area (Å²) >= 11 is 1.23. The number of aromatic nitrogens is 2. The predicted octanol–water partition coefficient (Wildman–Crippen LogP) is 4.79. The van der Waals surface area contributed by atoms with E-state index in [1.165, 1.54) is 17.3 Å². The Morgan fingerprint density at radius 2 is 1.75 bits per heavy atom. The number of amides is 1. The SMILES string of the molecule is COc1ccc(-c2nnc(S[C@@H](C)C(=O)Nc3c(C)cc(C)cc3C)o2)cc1. The number of carbonyl (C=O) groups is 1. The molecular weight excluding hydrogens is 374 g/mol. The van der Waals surface area contributed by atoms with E-state index in [9.17, 15) is 4.79 Å². The average molecular weight is 398 g/mol. The number of methoxy groups -OCH3 is 1. The zero-order chi connectivity index (χ0) is 20.3. The third-order valence-electron chi connectivity index (χ3n) is 4.32. The molecule has 0 radical (unpaired) electrons. The molecule has 0 saturated carbocycles. The molecule has 0 unspecified atom stereocenters. The lowest BCUT2D eigenvalue weighted by Gasteiger charge is -2.15. The zero-order valence-electron chi connectivity index (χ0n) is 16.6. The Kier molecular flexibility index (Phi) is 6.04. The van der Waals surface area contributed by atoms with Gasteiger partial charge in [-0.1, -0.05) is 29.5 Å². The van der Waals surface area contributed by atoms with Crippen LogP contribution in [0.3, 0.4) is 0 Å². The van der Waals surface area contributed by atoms with E-state index in [0.29, 0.717) is 11.1 Å². The smallest absolute Gasteiger partial charge is 0.277 e. The summed E-state index contributed by atoms with van der Waals surface area (Å²) in [5.74, 6) is 1.05. The van der Waals surface area contributed by atoms with Crippen LogP contribution in [0, 0.1) is 20.8 Å². The third kappa shape index (κ3) is 4.54. The van der Waals surface area contributed by atoms with Gasteiger partial charge in [0.15, 0.2) is 0 Å². The van der Waals surface area contributed by atoms with Crippen LogP contribution in [0.5, 0.6) is 5.75 Å². The number of nitrogens with zero attached hydrogens (tertiary/aromatic N) is 2. The van der Waals surface area contributed by atoms with Gasteiger partial charge in [-0.05, 0) is 63.1 Å². The normalized spacial score (nSPS) is 11.9. The molecule has 0 aliphatic rings. The molecule has 1 atom stereocenters. The second-order valence-electron chi connectivity index (χ2n) is 6.62. The summed E-state index contributed by atoms with van der Waals surface area (Å²) in [6.07, 6.45) is 0. The number of hydrogen-bond acceptors (Lipinski definition) is 6. The summed E-state index contributed by atoms with van der Waals surface area (Å²) < 4.78 is 10.8. The average Bonchev–Trinajstić information content (AvgIpc) is 3.13. The van der Waals surface area contributed by atoms with Crippen LogP contribution in [0.4, 0.5) is 5.69 Å². The van der Waals surface area contributed by atoms with E-state index in [1.807, 2.05) is 52.0 Å². The van der Waals surface area contributed by atoms with E-state index in [0.717, 1.165) is 28.1 Å². The number of nitrogens with one attached hydrogen (secondary N) is 1. The standard InChI is InChI=1S/C21H23N3O3S/c1-12-10-13(2)18(14(3)11-12)22-19(25)15(4)28-21-24-23-20(27-21)16-6-8-17(26-5)9-7-16/h6-11,15H,1-5H3,(H,22,25)/t15-/m0/s1. The van der Waals surface area contributed by atoms with Crippen molar-refractivity contribution >= 4 is 23.4 Å². The van der Waals surface area contributed by atoms with Crippen LogP contribution >= 0.6 is 11.8 Å². The van der Waals surface area contributed by atoms with Crippen LogP contribution in [0.2, 0.25) is 0 Å². The first-order valence-corrected chi connectivity index (χ1v) is 9.78. The minimum atomic E-state index is -0.385. The third-order valence-corrected chi connectivity index (χ3v) is 5.25. The van der Waals surface area contributed by atoms with E-state index < -0.39 is 0 Å². The summed E-state index contributed by atoms with van der Waals surface area (Å²) in [7, 11) is 1.61. The molecule has 2 aromatic carbocycles. The minimum Gasteiger partial charge on any atom is -0.497 e. The first-order valence-electron chi connectivity index (χ1n) is 8.90. The predicted molar refractivity (Wildman–Crippen MR) is 111 cm³/mol. The number of hydrogen-bond donors (Lipinski definition) is 1. The van der Waals surface area contributed by atoms with E-state index in [2.05, 4.69) is 27.6 Å². The topological polar surface area (TPSA) is 77.2 Å². The number of benzene rings is 2. The molecule has 28 heavy (non-hydrogen) atoms. The molecule has 0 saturated heterocycles. The maximum Gasteiger partial charge on any atom is 0.277 e. The molecule has 6 nitrogen and oxygen atoms in total. The van der Waals surface area contributed by atoms with Gasteiger partial charge < -0.3 is 14.5 Å². The monoisotopic (exact) mass is 397 g/mol. The van der Waals surface area contributed by atoms with Gasteiger partial charge in [0.05, 0.1) is 12.4 Å². The summed E-state index contributed by atoms with van der Waals surface area (Å²) in [5, 5.41) is 11.1. The molecule has 0 fully saturated rings. The van der Waals surface area contributed by atoms with Gasteiger partial charge in [0, 0.05) is 11.3 Å². The Balaban J connectivity index is 1.67. The quantitative estimate of drug-likeness (QED) is 0.603.